The third-order valence-electron chi connectivity index (χ3n) is 3.96. The lowest BCUT2D eigenvalue weighted by atomic mass is 10.1. The number of nitrogens with one attached hydrogen (secondary N) is 1. The van der Waals surface area contributed by atoms with E-state index in [1.807, 2.05) is 6.07 Å². The van der Waals surface area contributed by atoms with Crippen molar-refractivity contribution >= 4 is 17.3 Å². The molecule has 1 N–H and O–H groups in total. The van der Waals surface area contributed by atoms with Gasteiger partial charge in [0.05, 0.1) is 6.61 Å². The van der Waals surface area contributed by atoms with Gasteiger partial charge in [0, 0.05) is 49.1 Å². The Bertz CT molecular complexity index is 446. The van der Waals surface area contributed by atoms with E-state index in [9.17, 15) is 0 Å². The fraction of sp³-hybridized carbons (Fsp3) is 0.647. The lowest BCUT2D eigenvalue weighted by Gasteiger charge is -2.31. The number of nitrogens with zero attached hydrogens (tertiary/aromatic N) is 1. The minimum Gasteiger partial charge on any atom is -0.383 e. The van der Waals surface area contributed by atoms with Gasteiger partial charge in [0.25, 0.3) is 0 Å². The Labute approximate surface area is 133 Å². The first kappa shape index (κ1) is 16.6. The minimum absolute atomic E-state index is 0.488. The van der Waals surface area contributed by atoms with E-state index in [1.165, 1.54) is 24.1 Å². The van der Waals surface area contributed by atoms with Crippen LogP contribution in [-0.2, 0) is 11.3 Å². The Morgan fingerprint density at radius 1 is 1.38 bits per heavy atom. The Hall–Kier alpha value is -0.770. The van der Waals surface area contributed by atoms with Crippen LogP contribution in [0.2, 0.25) is 5.02 Å². The Morgan fingerprint density at radius 3 is 2.76 bits per heavy atom. The largest absolute Gasteiger partial charge is 0.383 e. The molecule has 1 aliphatic carbocycles. The average Bonchev–Trinajstić information content (AvgIpc) is 3.26. The zero-order valence-corrected chi connectivity index (χ0v) is 14.1. The molecule has 1 fully saturated rings. The molecule has 118 valence electrons. The average molecular weight is 311 g/mol. The van der Waals surface area contributed by atoms with Crippen LogP contribution in [-0.4, -0.2) is 32.8 Å². The summed E-state index contributed by atoms with van der Waals surface area (Å²) in [4.78, 5) is 2.50. The molecule has 0 unspecified atom stereocenters. The smallest absolute Gasteiger partial charge is 0.0587 e. The number of benzene rings is 1. The zero-order chi connectivity index (χ0) is 15.2. The summed E-state index contributed by atoms with van der Waals surface area (Å²) in [6, 6.07) is 6.72. The van der Waals surface area contributed by atoms with E-state index in [-0.39, 0.29) is 0 Å². The second kappa shape index (κ2) is 8.02. The van der Waals surface area contributed by atoms with Gasteiger partial charge in [-0.3, -0.25) is 0 Å². The Kier molecular flexibility index (Phi) is 6.34. The van der Waals surface area contributed by atoms with E-state index in [0.29, 0.717) is 6.04 Å². The van der Waals surface area contributed by atoms with Crippen molar-refractivity contribution in [3.05, 3.63) is 28.8 Å². The second-order valence-electron chi connectivity index (χ2n) is 6.10. The van der Waals surface area contributed by atoms with Gasteiger partial charge < -0.3 is 15.0 Å². The first-order valence-electron chi connectivity index (χ1n) is 7.87. The number of anilines is 1. The van der Waals surface area contributed by atoms with Crippen molar-refractivity contribution in [2.75, 3.05) is 31.7 Å². The molecule has 2 rings (SSSR count). The van der Waals surface area contributed by atoms with Gasteiger partial charge in [-0.25, -0.2) is 0 Å². The van der Waals surface area contributed by atoms with Crippen LogP contribution in [0.15, 0.2) is 18.2 Å². The van der Waals surface area contributed by atoms with Crippen LogP contribution in [0, 0.1) is 5.92 Å². The molecule has 0 bridgehead atoms. The van der Waals surface area contributed by atoms with Crippen molar-refractivity contribution in [1.82, 2.24) is 5.32 Å². The van der Waals surface area contributed by atoms with Gasteiger partial charge in [0.2, 0.25) is 0 Å². The fourth-order valence-corrected chi connectivity index (χ4v) is 2.78. The zero-order valence-electron chi connectivity index (χ0n) is 13.4. The van der Waals surface area contributed by atoms with Crippen molar-refractivity contribution in [2.45, 2.75) is 39.3 Å². The minimum atomic E-state index is 0.488. The summed E-state index contributed by atoms with van der Waals surface area (Å²) in [7, 11) is 1.72. The normalized spacial score (nSPS) is 14.7. The summed E-state index contributed by atoms with van der Waals surface area (Å²) in [5.41, 5.74) is 2.47. The third-order valence-corrected chi connectivity index (χ3v) is 4.32. The molecule has 1 aromatic rings. The first-order valence-corrected chi connectivity index (χ1v) is 8.25. The molecule has 3 nitrogen and oxygen atoms in total. The lowest BCUT2D eigenvalue weighted by molar-refractivity contribution is 0.199. The number of hydrogen-bond acceptors (Lipinski definition) is 3. The van der Waals surface area contributed by atoms with E-state index in [1.54, 1.807) is 7.11 Å². The number of rotatable bonds is 9. The lowest BCUT2D eigenvalue weighted by Crippen LogP contribution is -2.34. The first-order chi connectivity index (χ1) is 10.1. The van der Waals surface area contributed by atoms with Gasteiger partial charge in [-0.2, -0.15) is 0 Å². The third kappa shape index (κ3) is 4.87. The van der Waals surface area contributed by atoms with E-state index < -0.39 is 0 Å². The van der Waals surface area contributed by atoms with E-state index >= 15 is 0 Å². The van der Waals surface area contributed by atoms with E-state index in [0.717, 1.165) is 37.2 Å². The highest BCUT2D eigenvalue weighted by molar-refractivity contribution is 6.31. The maximum absolute atomic E-state index is 6.45. The topological polar surface area (TPSA) is 24.5 Å². The van der Waals surface area contributed by atoms with Crippen LogP contribution < -0.4 is 10.2 Å². The van der Waals surface area contributed by atoms with Crippen LogP contribution in [0.4, 0.5) is 5.69 Å². The van der Waals surface area contributed by atoms with Crippen LogP contribution >= 0.6 is 11.6 Å². The van der Waals surface area contributed by atoms with Gasteiger partial charge in [-0.05, 0) is 44.7 Å². The van der Waals surface area contributed by atoms with Crippen LogP contribution in [0.25, 0.3) is 0 Å². The highest BCUT2D eigenvalue weighted by Gasteiger charge is 2.27. The Balaban J connectivity index is 2.13. The summed E-state index contributed by atoms with van der Waals surface area (Å²) in [6.45, 7) is 7.99. The summed E-state index contributed by atoms with van der Waals surface area (Å²) in [5, 5.41) is 4.26. The van der Waals surface area contributed by atoms with Crippen molar-refractivity contribution in [1.29, 1.82) is 0 Å². The van der Waals surface area contributed by atoms with Gasteiger partial charge in [-0.1, -0.05) is 17.7 Å². The molecule has 0 heterocycles. The molecule has 1 aromatic carbocycles. The maximum Gasteiger partial charge on any atom is 0.0587 e. The summed E-state index contributed by atoms with van der Waals surface area (Å²) >= 11 is 6.45. The molecule has 4 heteroatoms. The van der Waals surface area contributed by atoms with Gasteiger partial charge in [0.15, 0.2) is 0 Å². The summed E-state index contributed by atoms with van der Waals surface area (Å²) in [5.74, 6) is 0.862. The molecular weight excluding hydrogens is 284 g/mol. The molecule has 1 aliphatic rings. The van der Waals surface area contributed by atoms with Crippen molar-refractivity contribution in [3.63, 3.8) is 0 Å². The number of halogens is 1. The van der Waals surface area contributed by atoms with Crippen molar-refractivity contribution in [2.24, 2.45) is 5.92 Å². The van der Waals surface area contributed by atoms with Crippen molar-refractivity contribution in [3.8, 4) is 0 Å². The summed E-state index contributed by atoms with van der Waals surface area (Å²) in [6.07, 6.45) is 2.73. The van der Waals surface area contributed by atoms with Gasteiger partial charge >= 0.3 is 0 Å². The molecular formula is C17H27ClN2O. The van der Waals surface area contributed by atoms with Crippen molar-refractivity contribution < 1.29 is 4.74 Å². The standard InChI is InChI=1S/C17H27ClN2O/c1-13(2)20(12-14-7-8-14)17-6-4-5-16(18)15(17)11-19-9-10-21-3/h4-6,13-14,19H,7-12H2,1-3H3. The van der Waals surface area contributed by atoms with Gasteiger partial charge in [0.1, 0.15) is 0 Å². The van der Waals surface area contributed by atoms with Crippen LogP contribution in [0.3, 0.4) is 0 Å². The molecule has 0 amide bonds. The number of ether oxygens (including phenoxy) is 1. The SMILES string of the molecule is COCCNCc1c(Cl)cccc1N(CC1CC1)C(C)C. The number of hydrogen-bond donors (Lipinski definition) is 1. The molecule has 0 spiro atoms. The van der Waals surface area contributed by atoms with E-state index in [4.69, 9.17) is 16.3 Å². The van der Waals surface area contributed by atoms with E-state index in [2.05, 4.69) is 36.2 Å². The monoisotopic (exact) mass is 310 g/mol. The molecule has 0 aromatic heterocycles. The maximum atomic E-state index is 6.45. The number of methoxy groups -OCH3 is 1. The molecule has 0 atom stereocenters. The second-order valence-corrected chi connectivity index (χ2v) is 6.50. The molecule has 0 saturated heterocycles. The molecule has 1 saturated carbocycles. The highest BCUT2D eigenvalue weighted by atomic mass is 35.5. The predicted octanol–water partition coefficient (Wildman–Crippen LogP) is 3.70. The molecule has 21 heavy (non-hydrogen) atoms. The molecule has 0 aliphatic heterocycles. The summed E-state index contributed by atoms with van der Waals surface area (Å²) < 4.78 is 5.08. The van der Waals surface area contributed by atoms with Crippen LogP contribution in [0.1, 0.15) is 32.3 Å². The van der Waals surface area contributed by atoms with Gasteiger partial charge in [-0.15, -0.1) is 0 Å². The molecule has 0 radical (unpaired) electrons. The predicted molar refractivity (Wildman–Crippen MR) is 90.2 cm³/mol. The quantitative estimate of drug-likeness (QED) is 0.704. The fourth-order valence-electron chi connectivity index (χ4n) is 2.54. The Morgan fingerprint density at radius 2 is 2.14 bits per heavy atom. The van der Waals surface area contributed by atoms with Crippen LogP contribution in [0.5, 0.6) is 0 Å². The highest BCUT2D eigenvalue weighted by Crippen LogP contribution is 2.35.